The van der Waals surface area contributed by atoms with Crippen LogP contribution in [0.5, 0.6) is 0 Å². The molecule has 1 aromatic heterocycles. The number of nitrogens with zero attached hydrogens (tertiary/aromatic N) is 1. The molecule has 1 heterocycles. The van der Waals surface area contributed by atoms with E-state index in [1.807, 2.05) is 0 Å². The van der Waals surface area contributed by atoms with E-state index in [0.717, 1.165) is 19.4 Å². The summed E-state index contributed by atoms with van der Waals surface area (Å²) in [5, 5.41) is 4.89. The van der Waals surface area contributed by atoms with Crippen LogP contribution in [0.3, 0.4) is 0 Å². The van der Waals surface area contributed by atoms with Crippen LogP contribution in [0.4, 0.5) is 5.69 Å². The topological polar surface area (TPSA) is 24.9 Å². The van der Waals surface area contributed by atoms with Gasteiger partial charge in [0.1, 0.15) is 0 Å². The summed E-state index contributed by atoms with van der Waals surface area (Å²) in [4.78, 5) is 5.06. The van der Waals surface area contributed by atoms with Crippen molar-refractivity contribution in [3.8, 4) is 0 Å². The molecule has 0 aliphatic heterocycles. The molecule has 1 aliphatic carbocycles. The number of rotatable bonds is 5. The molecule has 2 nitrogen and oxygen atoms in total. The summed E-state index contributed by atoms with van der Waals surface area (Å²) in [6.45, 7) is 5.46. The van der Waals surface area contributed by atoms with Gasteiger partial charge in [0, 0.05) is 29.2 Å². The first kappa shape index (κ1) is 14.4. The lowest BCUT2D eigenvalue weighted by Gasteiger charge is -2.16. The van der Waals surface area contributed by atoms with Crippen LogP contribution in [0, 0.1) is 0 Å². The first-order valence-corrected chi connectivity index (χ1v) is 8.50. The number of aromatic nitrogens is 1. The van der Waals surface area contributed by atoms with Gasteiger partial charge >= 0.3 is 0 Å². The molecular weight excluding hydrogens is 256 g/mol. The minimum atomic E-state index is 0.668. The van der Waals surface area contributed by atoms with Gasteiger partial charge < -0.3 is 5.32 Å². The van der Waals surface area contributed by atoms with Gasteiger partial charge in [-0.15, -0.1) is 0 Å². The second-order valence-electron chi connectivity index (χ2n) is 6.17. The van der Waals surface area contributed by atoms with Gasteiger partial charge in [0.05, 0.1) is 5.52 Å². The Bertz CT molecular complexity index is 612. The van der Waals surface area contributed by atoms with Crippen molar-refractivity contribution in [2.45, 2.75) is 58.3 Å². The van der Waals surface area contributed by atoms with Gasteiger partial charge in [-0.05, 0) is 37.3 Å². The summed E-state index contributed by atoms with van der Waals surface area (Å²) >= 11 is 0. The van der Waals surface area contributed by atoms with E-state index in [0.29, 0.717) is 5.92 Å². The number of benzene rings is 1. The molecule has 2 heteroatoms. The third-order valence-electron chi connectivity index (χ3n) is 4.66. The van der Waals surface area contributed by atoms with Crippen LogP contribution in [-0.4, -0.2) is 11.5 Å². The molecule has 1 aliphatic rings. The minimum Gasteiger partial charge on any atom is -0.384 e. The Morgan fingerprint density at radius 2 is 2.00 bits per heavy atom. The lowest BCUT2D eigenvalue weighted by molar-refractivity contribution is 0.701. The van der Waals surface area contributed by atoms with Crippen molar-refractivity contribution >= 4 is 16.6 Å². The van der Waals surface area contributed by atoms with Gasteiger partial charge in [-0.2, -0.15) is 0 Å². The molecule has 0 unspecified atom stereocenters. The Morgan fingerprint density at radius 3 is 2.71 bits per heavy atom. The molecule has 0 amide bonds. The zero-order chi connectivity index (χ0) is 14.7. The van der Waals surface area contributed by atoms with Crippen LogP contribution in [-0.2, 0) is 6.42 Å². The summed E-state index contributed by atoms with van der Waals surface area (Å²) in [6, 6.07) is 8.90. The molecule has 112 valence electrons. The largest absolute Gasteiger partial charge is 0.384 e. The number of para-hydroxylation sites is 1. The maximum Gasteiger partial charge on any atom is 0.0758 e. The summed E-state index contributed by atoms with van der Waals surface area (Å²) < 4.78 is 0. The number of aryl methyl sites for hydroxylation is 1. The lowest BCUT2D eigenvalue weighted by atomic mass is 9.99. The maximum atomic E-state index is 5.06. The summed E-state index contributed by atoms with van der Waals surface area (Å²) in [6.07, 6.45) is 7.52. The number of fused-ring (bicyclic) bond motifs is 1. The molecule has 1 N–H and O–H groups in total. The molecule has 0 radical (unpaired) electrons. The number of nitrogens with one attached hydrogen (secondary N) is 1. The molecule has 3 rings (SSSR count). The molecule has 2 aromatic rings. The maximum absolute atomic E-state index is 5.06. The van der Waals surface area contributed by atoms with Gasteiger partial charge in [-0.1, -0.05) is 44.9 Å². The fourth-order valence-electron chi connectivity index (χ4n) is 3.45. The Labute approximate surface area is 128 Å². The van der Waals surface area contributed by atoms with Gasteiger partial charge in [-0.25, -0.2) is 0 Å². The average Bonchev–Trinajstić information content (AvgIpc) is 3.06. The highest BCUT2D eigenvalue weighted by atomic mass is 14.9. The summed E-state index contributed by atoms with van der Waals surface area (Å²) in [5.74, 6) is 0.668. The van der Waals surface area contributed by atoms with Crippen LogP contribution in [0.15, 0.2) is 24.3 Å². The van der Waals surface area contributed by atoms with Crippen molar-refractivity contribution in [3.63, 3.8) is 0 Å². The highest BCUT2D eigenvalue weighted by Gasteiger charge is 2.20. The SMILES string of the molecule is CCCNc1cc(C2CCCC2)nc2c(CC)cccc12. The van der Waals surface area contributed by atoms with E-state index in [1.54, 1.807) is 0 Å². The van der Waals surface area contributed by atoms with E-state index in [4.69, 9.17) is 4.98 Å². The van der Waals surface area contributed by atoms with Crippen LogP contribution >= 0.6 is 0 Å². The quantitative estimate of drug-likeness (QED) is 0.807. The number of hydrogen-bond donors (Lipinski definition) is 1. The smallest absolute Gasteiger partial charge is 0.0758 e. The molecule has 1 aromatic carbocycles. The van der Waals surface area contributed by atoms with Gasteiger partial charge in [0.25, 0.3) is 0 Å². The summed E-state index contributed by atoms with van der Waals surface area (Å²) in [5.41, 5.74) is 5.16. The predicted octanol–water partition coefficient (Wildman–Crippen LogP) is 5.28. The Morgan fingerprint density at radius 1 is 1.19 bits per heavy atom. The van der Waals surface area contributed by atoms with E-state index in [-0.39, 0.29) is 0 Å². The van der Waals surface area contributed by atoms with Crippen LogP contribution < -0.4 is 5.32 Å². The second-order valence-corrected chi connectivity index (χ2v) is 6.17. The van der Waals surface area contributed by atoms with E-state index in [2.05, 4.69) is 43.4 Å². The minimum absolute atomic E-state index is 0.668. The molecule has 0 atom stereocenters. The molecule has 0 bridgehead atoms. The van der Waals surface area contributed by atoms with Crippen molar-refractivity contribution in [3.05, 3.63) is 35.5 Å². The van der Waals surface area contributed by atoms with Crippen molar-refractivity contribution in [1.82, 2.24) is 4.98 Å². The van der Waals surface area contributed by atoms with E-state index in [9.17, 15) is 0 Å². The standard InChI is InChI=1S/C19H26N2/c1-3-12-20-18-13-17(15-8-5-6-9-15)21-19-14(4-2)10-7-11-16(18)19/h7,10-11,13,15H,3-6,8-9,12H2,1-2H3,(H,20,21). The third-order valence-corrected chi connectivity index (χ3v) is 4.66. The van der Waals surface area contributed by atoms with Gasteiger partial charge in [0.15, 0.2) is 0 Å². The molecule has 21 heavy (non-hydrogen) atoms. The molecule has 0 spiro atoms. The monoisotopic (exact) mass is 282 g/mol. The first-order valence-electron chi connectivity index (χ1n) is 8.50. The molecule has 0 saturated heterocycles. The predicted molar refractivity (Wildman–Crippen MR) is 91.1 cm³/mol. The Kier molecular flexibility index (Phi) is 4.42. The van der Waals surface area contributed by atoms with Crippen LogP contribution in [0.25, 0.3) is 10.9 Å². The Hall–Kier alpha value is -1.57. The van der Waals surface area contributed by atoms with Crippen LogP contribution in [0.2, 0.25) is 0 Å². The van der Waals surface area contributed by atoms with Crippen molar-refractivity contribution in [2.24, 2.45) is 0 Å². The molecule has 1 saturated carbocycles. The summed E-state index contributed by atoms with van der Waals surface area (Å²) in [7, 11) is 0. The highest BCUT2D eigenvalue weighted by molar-refractivity contribution is 5.93. The second kappa shape index (κ2) is 6.46. The highest BCUT2D eigenvalue weighted by Crippen LogP contribution is 2.36. The van der Waals surface area contributed by atoms with Crippen molar-refractivity contribution in [2.75, 3.05) is 11.9 Å². The third kappa shape index (κ3) is 2.90. The van der Waals surface area contributed by atoms with E-state index >= 15 is 0 Å². The number of pyridine rings is 1. The van der Waals surface area contributed by atoms with Crippen molar-refractivity contribution < 1.29 is 0 Å². The average molecular weight is 282 g/mol. The molecular formula is C19H26N2. The number of anilines is 1. The number of hydrogen-bond acceptors (Lipinski definition) is 2. The first-order chi connectivity index (χ1) is 10.3. The fourth-order valence-corrected chi connectivity index (χ4v) is 3.45. The van der Waals surface area contributed by atoms with E-state index in [1.165, 1.54) is 53.5 Å². The Balaban J connectivity index is 2.11. The lowest BCUT2D eigenvalue weighted by Crippen LogP contribution is -2.05. The zero-order valence-electron chi connectivity index (χ0n) is 13.3. The van der Waals surface area contributed by atoms with E-state index < -0.39 is 0 Å². The molecule has 1 fully saturated rings. The fraction of sp³-hybridized carbons (Fsp3) is 0.526. The normalized spacial score (nSPS) is 15.7. The van der Waals surface area contributed by atoms with Crippen molar-refractivity contribution in [1.29, 1.82) is 0 Å². The van der Waals surface area contributed by atoms with Gasteiger partial charge in [0.2, 0.25) is 0 Å². The van der Waals surface area contributed by atoms with Crippen LogP contribution in [0.1, 0.15) is 63.1 Å². The van der Waals surface area contributed by atoms with Gasteiger partial charge in [-0.3, -0.25) is 4.98 Å². The zero-order valence-corrected chi connectivity index (χ0v) is 13.3.